The summed E-state index contributed by atoms with van der Waals surface area (Å²) < 4.78 is 28.5. The maximum atomic E-state index is 12.2. The largest absolute Gasteiger partial charge is 0.288 e. The van der Waals surface area contributed by atoms with Gasteiger partial charge in [-0.1, -0.05) is 17.7 Å². The number of rotatable bonds is 4. The van der Waals surface area contributed by atoms with E-state index in [1.807, 2.05) is 0 Å². The maximum absolute atomic E-state index is 12.2. The molecule has 1 fully saturated rings. The number of imidazole rings is 1. The smallest absolute Gasteiger partial charge is 0.259 e. The molecule has 0 radical (unpaired) electrons. The molecule has 0 aliphatic heterocycles. The number of hydrogen-bond donors (Lipinski definition) is 1. The quantitative estimate of drug-likeness (QED) is 0.929. The fourth-order valence-electron chi connectivity index (χ4n) is 1.80. The molecule has 0 aromatic carbocycles. The molecule has 1 N–H and O–H groups in total. The molecule has 2 aromatic heterocycles. The van der Waals surface area contributed by atoms with Gasteiger partial charge in [-0.05, 0) is 30.9 Å². The standard InChI is InChI=1S/C11H12ClN3O2S/c12-10-11(15-6-2-1-3-9(15)14-10)18(16,17)13-7-8-4-5-8/h1-3,6,8,13H,4-5,7H2. The van der Waals surface area contributed by atoms with Crippen molar-refractivity contribution >= 4 is 27.3 Å². The average Bonchev–Trinajstić information content (AvgIpc) is 3.07. The van der Waals surface area contributed by atoms with Crippen molar-refractivity contribution in [3.05, 3.63) is 29.5 Å². The van der Waals surface area contributed by atoms with Crippen LogP contribution in [0.3, 0.4) is 0 Å². The lowest BCUT2D eigenvalue weighted by molar-refractivity contribution is 0.572. The van der Waals surface area contributed by atoms with Crippen molar-refractivity contribution < 1.29 is 8.42 Å². The zero-order chi connectivity index (χ0) is 12.8. The lowest BCUT2D eigenvalue weighted by Crippen LogP contribution is -2.27. The highest BCUT2D eigenvalue weighted by Crippen LogP contribution is 2.29. The van der Waals surface area contributed by atoms with Crippen molar-refractivity contribution in [1.82, 2.24) is 14.1 Å². The molecule has 0 saturated heterocycles. The van der Waals surface area contributed by atoms with Crippen LogP contribution in [0.15, 0.2) is 29.4 Å². The fraction of sp³-hybridized carbons (Fsp3) is 0.364. The molecule has 0 atom stereocenters. The highest BCUT2D eigenvalue weighted by atomic mass is 35.5. The first kappa shape index (κ1) is 12.0. The Balaban J connectivity index is 2.03. The van der Waals surface area contributed by atoms with Gasteiger partial charge in [-0.3, -0.25) is 4.40 Å². The fourth-order valence-corrected chi connectivity index (χ4v) is 3.56. The van der Waals surface area contributed by atoms with E-state index in [2.05, 4.69) is 9.71 Å². The SMILES string of the molecule is O=S(=O)(NCC1CC1)c1c(Cl)nc2ccccn12. The van der Waals surface area contributed by atoms with E-state index in [9.17, 15) is 8.42 Å². The van der Waals surface area contributed by atoms with Crippen molar-refractivity contribution in [2.45, 2.75) is 17.9 Å². The summed E-state index contributed by atoms with van der Waals surface area (Å²) >= 11 is 5.93. The van der Waals surface area contributed by atoms with E-state index in [0.717, 1.165) is 12.8 Å². The predicted octanol–water partition coefficient (Wildman–Crippen LogP) is 1.68. The first-order valence-electron chi connectivity index (χ1n) is 5.70. The first-order chi connectivity index (χ1) is 8.58. The van der Waals surface area contributed by atoms with Crippen LogP contribution in [0.4, 0.5) is 0 Å². The minimum absolute atomic E-state index is 0.00416. The number of hydrogen-bond acceptors (Lipinski definition) is 3. The summed E-state index contributed by atoms with van der Waals surface area (Å²) in [6.07, 6.45) is 3.81. The lowest BCUT2D eigenvalue weighted by Gasteiger charge is -2.05. The molecule has 7 heteroatoms. The number of halogens is 1. The summed E-state index contributed by atoms with van der Waals surface area (Å²) in [5, 5.41) is 0.0184. The Bertz CT molecular complexity index is 691. The number of sulfonamides is 1. The van der Waals surface area contributed by atoms with E-state index >= 15 is 0 Å². The molecule has 5 nitrogen and oxygen atoms in total. The van der Waals surface area contributed by atoms with Crippen molar-refractivity contribution in [1.29, 1.82) is 0 Å². The van der Waals surface area contributed by atoms with E-state index in [0.29, 0.717) is 18.1 Å². The Kier molecular flexibility index (Phi) is 2.80. The lowest BCUT2D eigenvalue weighted by atomic mass is 10.4. The topological polar surface area (TPSA) is 63.5 Å². The monoisotopic (exact) mass is 285 g/mol. The molecule has 0 unspecified atom stereocenters. The molecule has 1 saturated carbocycles. The summed E-state index contributed by atoms with van der Waals surface area (Å²) in [4.78, 5) is 4.03. The van der Waals surface area contributed by atoms with Gasteiger partial charge in [0.2, 0.25) is 0 Å². The summed E-state index contributed by atoms with van der Waals surface area (Å²) in [5.74, 6) is 0.470. The van der Waals surface area contributed by atoms with Gasteiger partial charge in [-0.25, -0.2) is 18.1 Å². The summed E-state index contributed by atoms with van der Waals surface area (Å²) in [6.45, 7) is 0.471. The maximum Gasteiger partial charge on any atom is 0.259 e. The zero-order valence-electron chi connectivity index (χ0n) is 9.51. The molecule has 18 heavy (non-hydrogen) atoms. The van der Waals surface area contributed by atoms with E-state index < -0.39 is 10.0 Å². The Morgan fingerprint density at radius 1 is 1.44 bits per heavy atom. The third kappa shape index (κ3) is 2.11. The molecule has 1 aliphatic rings. The number of nitrogens with one attached hydrogen (secondary N) is 1. The van der Waals surface area contributed by atoms with Crippen LogP contribution in [0.1, 0.15) is 12.8 Å². The molecule has 3 rings (SSSR count). The highest BCUT2D eigenvalue weighted by Gasteiger charge is 2.28. The van der Waals surface area contributed by atoms with Crippen LogP contribution >= 0.6 is 11.6 Å². The molecule has 0 bridgehead atoms. The Morgan fingerprint density at radius 3 is 2.94 bits per heavy atom. The average molecular weight is 286 g/mol. The molecular formula is C11H12ClN3O2S. The molecular weight excluding hydrogens is 274 g/mol. The van der Waals surface area contributed by atoms with Crippen LogP contribution in [0, 0.1) is 5.92 Å². The highest BCUT2D eigenvalue weighted by molar-refractivity contribution is 7.89. The second kappa shape index (κ2) is 4.22. The van der Waals surface area contributed by atoms with Crippen LogP contribution in [0.25, 0.3) is 5.65 Å². The third-order valence-electron chi connectivity index (χ3n) is 2.96. The first-order valence-corrected chi connectivity index (χ1v) is 7.56. The van der Waals surface area contributed by atoms with Crippen molar-refractivity contribution in [2.24, 2.45) is 5.92 Å². The predicted molar refractivity (Wildman–Crippen MR) is 68.1 cm³/mol. The minimum Gasteiger partial charge on any atom is -0.288 e. The second-order valence-corrected chi connectivity index (χ2v) is 6.47. The third-order valence-corrected chi connectivity index (χ3v) is 4.78. The zero-order valence-corrected chi connectivity index (χ0v) is 11.1. The normalized spacial score (nSPS) is 16.3. The Morgan fingerprint density at radius 2 is 2.22 bits per heavy atom. The van der Waals surface area contributed by atoms with E-state index in [-0.39, 0.29) is 10.2 Å². The van der Waals surface area contributed by atoms with Gasteiger partial charge in [0.1, 0.15) is 5.65 Å². The second-order valence-electron chi connectivity index (χ2n) is 4.43. The van der Waals surface area contributed by atoms with E-state index in [1.54, 1.807) is 24.4 Å². The van der Waals surface area contributed by atoms with Crippen LogP contribution in [-0.4, -0.2) is 24.3 Å². The molecule has 1 aliphatic carbocycles. The number of pyridine rings is 1. The van der Waals surface area contributed by atoms with Crippen molar-refractivity contribution in [3.63, 3.8) is 0 Å². The van der Waals surface area contributed by atoms with Crippen LogP contribution in [0.5, 0.6) is 0 Å². The minimum atomic E-state index is -3.61. The molecule has 2 heterocycles. The van der Waals surface area contributed by atoms with Gasteiger partial charge in [-0.2, -0.15) is 0 Å². The van der Waals surface area contributed by atoms with Gasteiger partial charge in [-0.15, -0.1) is 0 Å². The van der Waals surface area contributed by atoms with Gasteiger partial charge in [0.15, 0.2) is 10.2 Å². The number of fused-ring (bicyclic) bond motifs is 1. The summed E-state index contributed by atoms with van der Waals surface area (Å²) in [7, 11) is -3.61. The number of nitrogens with zero attached hydrogens (tertiary/aromatic N) is 2. The molecule has 96 valence electrons. The number of aromatic nitrogens is 2. The van der Waals surface area contributed by atoms with E-state index in [1.165, 1.54) is 4.40 Å². The van der Waals surface area contributed by atoms with Gasteiger partial charge in [0.25, 0.3) is 10.0 Å². The molecule has 2 aromatic rings. The van der Waals surface area contributed by atoms with Gasteiger partial charge in [0, 0.05) is 12.7 Å². The van der Waals surface area contributed by atoms with Crippen molar-refractivity contribution in [2.75, 3.05) is 6.54 Å². The van der Waals surface area contributed by atoms with Crippen LogP contribution in [-0.2, 0) is 10.0 Å². The summed E-state index contributed by atoms with van der Waals surface area (Å²) in [5.41, 5.74) is 0.522. The van der Waals surface area contributed by atoms with Crippen molar-refractivity contribution in [3.8, 4) is 0 Å². The molecule has 0 spiro atoms. The van der Waals surface area contributed by atoms with Crippen LogP contribution in [0.2, 0.25) is 5.15 Å². The van der Waals surface area contributed by atoms with E-state index in [4.69, 9.17) is 11.6 Å². The molecule has 0 amide bonds. The Hall–Kier alpha value is -1.11. The van der Waals surface area contributed by atoms with Crippen LogP contribution < -0.4 is 4.72 Å². The van der Waals surface area contributed by atoms with Gasteiger partial charge >= 0.3 is 0 Å². The Labute approximate surface area is 110 Å². The summed E-state index contributed by atoms with van der Waals surface area (Å²) in [6, 6.07) is 5.24. The van der Waals surface area contributed by atoms with Gasteiger partial charge in [0.05, 0.1) is 0 Å². The van der Waals surface area contributed by atoms with Gasteiger partial charge < -0.3 is 0 Å².